The number of likely N-dealkylation sites (tertiary alicyclic amines) is 1. The highest BCUT2D eigenvalue weighted by atomic mass is 35.5. The number of likely N-dealkylation sites (N-methyl/N-ethyl adjacent to an activating group) is 1. The number of alkyl halides is 1. The fourth-order valence-corrected chi connectivity index (χ4v) is 3.17. The van der Waals surface area contributed by atoms with Crippen LogP contribution in [0.15, 0.2) is 18.2 Å². The van der Waals surface area contributed by atoms with Crippen molar-refractivity contribution in [2.45, 2.75) is 24.8 Å². The van der Waals surface area contributed by atoms with Gasteiger partial charge in [-0.1, -0.05) is 17.7 Å². The van der Waals surface area contributed by atoms with Gasteiger partial charge in [0.05, 0.1) is 21.9 Å². The zero-order valence-electron chi connectivity index (χ0n) is 11.3. The smallest absolute Gasteiger partial charge is 0.252 e. The molecule has 2 amide bonds. The number of amides is 2. The molecule has 1 aromatic carbocycles. The standard InChI is InChI=1S/C14H13Cl2N3O2/c1-18-12(20)6-5-10(14(18)21)19-11(7-15)17-9-4-2-3-8(16)13(9)19/h2-4,10H,5-7H2,1H3. The Kier molecular flexibility index (Phi) is 3.63. The first-order valence-electron chi connectivity index (χ1n) is 6.56. The summed E-state index contributed by atoms with van der Waals surface area (Å²) in [5.41, 5.74) is 1.39. The molecule has 1 saturated heterocycles. The minimum Gasteiger partial charge on any atom is -0.313 e. The van der Waals surface area contributed by atoms with Crippen LogP contribution in [0.4, 0.5) is 0 Å². The number of benzene rings is 1. The molecule has 0 radical (unpaired) electrons. The van der Waals surface area contributed by atoms with Crippen molar-refractivity contribution in [1.82, 2.24) is 14.5 Å². The average molecular weight is 326 g/mol. The van der Waals surface area contributed by atoms with Crippen LogP contribution in [0.3, 0.4) is 0 Å². The second kappa shape index (κ2) is 5.31. The number of hydrogen-bond donors (Lipinski definition) is 0. The molecule has 3 rings (SSSR count). The number of aromatic nitrogens is 2. The van der Waals surface area contributed by atoms with Gasteiger partial charge in [0.2, 0.25) is 5.91 Å². The van der Waals surface area contributed by atoms with Crippen LogP contribution in [-0.4, -0.2) is 33.3 Å². The van der Waals surface area contributed by atoms with E-state index in [2.05, 4.69) is 4.98 Å². The number of para-hydroxylation sites is 1. The third kappa shape index (κ3) is 2.21. The molecular weight excluding hydrogens is 313 g/mol. The molecule has 0 aliphatic carbocycles. The molecule has 21 heavy (non-hydrogen) atoms. The SMILES string of the molecule is CN1C(=O)CCC(n2c(CCl)nc3cccc(Cl)c32)C1=O. The molecule has 0 saturated carbocycles. The largest absolute Gasteiger partial charge is 0.313 e. The molecule has 1 atom stereocenters. The number of piperidine rings is 1. The highest BCUT2D eigenvalue weighted by Gasteiger charge is 2.35. The van der Waals surface area contributed by atoms with Crippen LogP contribution in [0.25, 0.3) is 11.0 Å². The lowest BCUT2D eigenvalue weighted by Crippen LogP contribution is -2.43. The third-order valence-electron chi connectivity index (χ3n) is 3.79. The summed E-state index contributed by atoms with van der Waals surface area (Å²) in [6.07, 6.45) is 0.751. The highest BCUT2D eigenvalue weighted by molar-refractivity contribution is 6.35. The number of imide groups is 1. The Morgan fingerprint density at radius 2 is 2.14 bits per heavy atom. The lowest BCUT2D eigenvalue weighted by Gasteiger charge is -2.29. The number of hydrogen-bond acceptors (Lipinski definition) is 3. The molecule has 2 aromatic rings. The molecule has 5 nitrogen and oxygen atoms in total. The van der Waals surface area contributed by atoms with Gasteiger partial charge in [-0.25, -0.2) is 4.98 Å². The van der Waals surface area contributed by atoms with Gasteiger partial charge in [0.25, 0.3) is 5.91 Å². The molecule has 0 N–H and O–H groups in total. The Morgan fingerprint density at radius 1 is 1.38 bits per heavy atom. The Bertz CT molecular complexity index is 741. The molecule has 2 heterocycles. The zero-order chi connectivity index (χ0) is 15.1. The molecule has 1 aromatic heterocycles. The van der Waals surface area contributed by atoms with E-state index < -0.39 is 6.04 Å². The molecular formula is C14H13Cl2N3O2. The van der Waals surface area contributed by atoms with Gasteiger partial charge >= 0.3 is 0 Å². The van der Waals surface area contributed by atoms with E-state index in [1.54, 1.807) is 16.7 Å². The van der Waals surface area contributed by atoms with Gasteiger partial charge in [0.1, 0.15) is 11.9 Å². The number of rotatable bonds is 2. The van der Waals surface area contributed by atoms with Gasteiger partial charge in [-0.05, 0) is 18.6 Å². The van der Waals surface area contributed by atoms with Gasteiger partial charge in [-0.3, -0.25) is 14.5 Å². The first-order chi connectivity index (χ1) is 10.0. The Labute approximate surface area is 131 Å². The van der Waals surface area contributed by atoms with Crippen molar-refractivity contribution < 1.29 is 9.59 Å². The summed E-state index contributed by atoms with van der Waals surface area (Å²) in [6, 6.07) is 4.89. The molecule has 1 fully saturated rings. The average Bonchev–Trinajstić information content (AvgIpc) is 2.85. The molecule has 1 aliphatic heterocycles. The monoisotopic (exact) mass is 325 g/mol. The lowest BCUT2D eigenvalue weighted by molar-refractivity contribution is -0.149. The minimum atomic E-state index is -0.494. The van der Waals surface area contributed by atoms with Crippen molar-refractivity contribution >= 4 is 46.0 Å². The fourth-order valence-electron chi connectivity index (χ4n) is 2.72. The minimum absolute atomic E-state index is 0.167. The Hall–Kier alpha value is -1.59. The second-order valence-corrected chi connectivity index (χ2v) is 5.66. The van der Waals surface area contributed by atoms with Crippen LogP contribution in [0.5, 0.6) is 0 Å². The van der Waals surface area contributed by atoms with Gasteiger partial charge in [-0.2, -0.15) is 0 Å². The van der Waals surface area contributed by atoms with E-state index in [4.69, 9.17) is 23.2 Å². The summed E-state index contributed by atoms with van der Waals surface area (Å²) in [5.74, 6) is 0.337. The summed E-state index contributed by atoms with van der Waals surface area (Å²) in [4.78, 5) is 29.7. The van der Waals surface area contributed by atoms with Crippen molar-refractivity contribution in [2.75, 3.05) is 7.05 Å². The summed E-state index contributed by atoms with van der Waals surface area (Å²) in [5, 5.41) is 0.517. The maximum absolute atomic E-state index is 12.4. The van der Waals surface area contributed by atoms with E-state index in [1.807, 2.05) is 6.07 Å². The Morgan fingerprint density at radius 3 is 2.86 bits per heavy atom. The van der Waals surface area contributed by atoms with Crippen LogP contribution < -0.4 is 0 Å². The van der Waals surface area contributed by atoms with E-state index in [1.165, 1.54) is 7.05 Å². The summed E-state index contributed by atoms with van der Waals surface area (Å²) >= 11 is 12.2. The van der Waals surface area contributed by atoms with E-state index >= 15 is 0 Å². The van der Waals surface area contributed by atoms with Gasteiger partial charge in [-0.15, -0.1) is 11.6 Å². The second-order valence-electron chi connectivity index (χ2n) is 4.98. The summed E-state index contributed by atoms with van der Waals surface area (Å²) in [7, 11) is 1.50. The normalized spacial score (nSPS) is 19.6. The van der Waals surface area contributed by atoms with Gasteiger partial charge < -0.3 is 4.57 Å². The van der Waals surface area contributed by atoms with Crippen LogP contribution in [0, 0.1) is 0 Å². The van der Waals surface area contributed by atoms with E-state index in [9.17, 15) is 9.59 Å². The third-order valence-corrected chi connectivity index (χ3v) is 4.33. The van der Waals surface area contributed by atoms with E-state index in [-0.39, 0.29) is 17.7 Å². The molecule has 7 heteroatoms. The highest BCUT2D eigenvalue weighted by Crippen LogP contribution is 2.32. The fraction of sp³-hybridized carbons (Fsp3) is 0.357. The zero-order valence-corrected chi connectivity index (χ0v) is 12.9. The number of imidazole rings is 1. The molecule has 1 aliphatic rings. The van der Waals surface area contributed by atoms with E-state index in [0.717, 1.165) is 4.90 Å². The lowest BCUT2D eigenvalue weighted by atomic mass is 10.0. The predicted octanol–water partition coefficient (Wildman–Crippen LogP) is 2.75. The van der Waals surface area contributed by atoms with Crippen LogP contribution >= 0.6 is 23.2 Å². The molecule has 0 spiro atoms. The first kappa shape index (κ1) is 14.4. The van der Waals surface area contributed by atoms with Crippen LogP contribution in [0.2, 0.25) is 5.02 Å². The van der Waals surface area contributed by atoms with Crippen molar-refractivity contribution in [3.05, 3.63) is 29.0 Å². The predicted molar refractivity (Wildman–Crippen MR) is 80.3 cm³/mol. The molecule has 1 unspecified atom stereocenters. The van der Waals surface area contributed by atoms with Crippen LogP contribution in [0.1, 0.15) is 24.7 Å². The number of fused-ring (bicyclic) bond motifs is 1. The topological polar surface area (TPSA) is 55.2 Å². The van der Waals surface area contributed by atoms with E-state index in [0.29, 0.717) is 34.7 Å². The molecule has 110 valence electrons. The maximum Gasteiger partial charge on any atom is 0.252 e. The van der Waals surface area contributed by atoms with Crippen LogP contribution in [-0.2, 0) is 15.5 Å². The van der Waals surface area contributed by atoms with Crippen molar-refractivity contribution in [3.8, 4) is 0 Å². The molecule has 0 bridgehead atoms. The van der Waals surface area contributed by atoms with Crippen molar-refractivity contribution in [3.63, 3.8) is 0 Å². The number of carbonyl (C=O) groups is 2. The quantitative estimate of drug-likeness (QED) is 0.630. The van der Waals surface area contributed by atoms with Crippen molar-refractivity contribution in [2.24, 2.45) is 0 Å². The van der Waals surface area contributed by atoms with Gasteiger partial charge in [0.15, 0.2) is 0 Å². The van der Waals surface area contributed by atoms with Gasteiger partial charge in [0, 0.05) is 13.5 Å². The Balaban J connectivity index is 2.19. The summed E-state index contributed by atoms with van der Waals surface area (Å²) < 4.78 is 1.77. The number of halogens is 2. The summed E-state index contributed by atoms with van der Waals surface area (Å²) in [6.45, 7) is 0. The number of nitrogens with zero attached hydrogens (tertiary/aromatic N) is 3. The first-order valence-corrected chi connectivity index (χ1v) is 7.47. The van der Waals surface area contributed by atoms with Crippen molar-refractivity contribution in [1.29, 1.82) is 0 Å². The number of carbonyl (C=O) groups excluding carboxylic acids is 2. The maximum atomic E-state index is 12.4.